The average molecular weight is 309 g/mol. The summed E-state index contributed by atoms with van der Waals surface area (Å²) in [5.41, 5.74) is 0.996. The number of fused-ring (bicyclic) bond motifs is 1. The zero-order valence-corrected chi connectivity index (χ0v) is 11.5. The topological polar surface area (TPSA) is 34.4 Å². The number of rotatable bonds is 1. The minimum absolute atomic E-state index is 0.221. The molecule has 86 valence electrons. The molecule has 0 aliphatic heterocycles. The number of benzene rings is 1. The summed E-state index contributed by atoms with van der Waals surface area (Å²) >= 11 is 4.87. The van der Waals surface area contributed by atoms with Gasteiger partial charge in [0.25, 0.3) is 0 Å². The molecule has 0 unspecified atom stereocenters. The van der Waals surface area contributed by atoms with E-state index in [-0.39, 0.29) is 5.91 Å². The van der Waals surface area contributed by atoms with Gasteiger partial charge >= 0.3 is 0 Å². The molecule has 0 spiro atoms. The van der Waals surface area contributed by atoms with E-state index in [4.69, 9.17) is 6.42 Å². The van der Waals surface area contributed by atoms with Crippen molar-refractivity contribution < 1.29 is 4.79 Å². The smallest absolute Gasteiger partial charge is 0.245 e. The van der Waals surface area contributed by atoms with Gasteiger partial charge in [0, 0.05) is 11.4 Å². The molecule has 0 bridgehead atoms. The molecule has 0 radical (unpaired) electrons. The van der Waals surface area contributed by atoms with Crippen molar-refractivity contribution in [2.45, 2.75) is 13.5 Å². The Labute approximate surface area is 111 Å². The number of thiazole rings is 1. The molecule has 1 heterocycles. The first-order chi connectivity index (χ1) is 8.11. The Balaban J connectivity index is 2.80. The van der Waals surface area contributed by atoms with E-state index in [0.29, 0.717) is 11.3 Å². The van der Waals surface area contributed by atoms with Crippen LogP contribution in [0.25, 0.3) is 10.2 Å². The van der Waals surface area contributed by atoms with Gasteiger partial charge in [0.15, 0.2) is 4.80 Å². The van der Waals surface area contributed by atoms with Crippen LogP contribution in [0.3, 0.4) is 0 Å². The third-order valence-electron chi connectivity index (χ3n) is 2.15. The highest BCUT2D eigenvalue weighted by atomic mass is 79.9. The summed E-state index contributed by atoms with van der Waals surface area (Å²) in [5.74, 6) is 2.36. The van der Waals surface area contributed by atoms with Gasteiger partial charge in [-0.05, 0) is 18.2 Å². The highest BCUT2D eigenvalue weighted by Gasteiger charge is 2.06. The molecule has 0 fully saturated rings. The van der Waals surface area contributed by atoms with Gasteiger partial charge < -0.3 is 4.57 Å². The molecule has 1 amide bonds. The Morgan fingerprint density at radius 1 is 1.65 bits per heavy atom. The van der Waals surface area contributed by atoms with E-state index >= 15 is 0 Å². The summed E-state index contributed by atoms with van der Waals surface area (Å²) < 4.78 is 3.91. The molecule has 1 aromatic carbocycles. The van der Waals surface area contributed by atoms with Gasteiger partial charge in [0.05, 0.1) is 16.8 Å². The minimum Gasteiger partial charge on any atom is -0.305 e. The monoisotopic (exact) mass is 308 g/mol. The van der Waals surface area contributed by atoms with Crippen molar-refractivity contribution in [3.05, 3.63) is 27.5 Å². The summed E-state index contributed by atoms with van der Waals surface area (Å²) in [7, 11) is 0. The van der Waals surface area contributed by atoms with E-state index in [1.807, 2.05) is 22.8 Å². The van der Waals surface area contributed by atoms with Crippen molar-refractivity contribution in [3.63, 3.8) is 0 Å². The average Bonchev–Trinajstić information content (AvgIpc) is 2.55. The van der Waals surface area contributed by atoms with Crippen molar-refractivity contribution in [1.29, 1.82) is 0 Å². The Morgan fingerprint density at radius 2 is 2.41 bits per heavy atom. The summed E-state index contributed by atoms with van der Waals surface area (Å²) in [6.45, 7) is 1.84. The predicted octanol–water partition coefficient (Wildman–Crippen LogP) is 2.55. The van der Waals surface area contributed by atoms with Crippen LogP contribution in [0, 0.1) is 12.3 Å². The Morgan fingerprint density at radius 3 is 3.06 bits per heavy atom. The number of aromatic nitrogens is 1. The Kier molecular flexibility index (Phi) is 3.46. The number of hydrogen-bond acceptors (Lipinski definition) is 2. The molecule has 0 aliphatic carbocycles. The fraction of sp³-hybridized carbons (Fsp3) is 0.167. The van der Waals surface area contributed by atoms with E-state index in [1.165, 1.54) is 18.3 Å². The summed E-state index contributed by atoms with van der Waals surface area (Å²) in [6.07, 6.45) is 5.34. The van der Waals surface area contributed by atoms with Crippen LogP contribution in [0.1, 0.15) is 6.92 Å². The minimum atomic E-state index is -0.221. The first-order valence-electron chi connectivity index (χ1n) is 4.89. The zero-order chi connectivity index (χ0) is 12.4. The standard InChI is InChI=1S/C12H9BrN2OS/c1-3-6-15-10-5-4-9(13)7-11(10)17-12(15)14-8(2)16/h1,4-5,7H,6H2,2H3. The molecule has 0 saturated heterocycles. The molecule has 0 saturated carbocycles. The van der Waals surface area contributed by atoms with E-state index < -0.39 is 0 Å². The van der Waals surface area contributed by atoms with Crippen LogP contribution in [0.4, 0.5) is 0 Å². The number of halogens is 1. The first kappa shape index (κ1) is 12.1. The maximum atomic E-state index is 11.1. The lowest BCUT2D eigenvalue weighted by Crippen LogP contribution is -2.15. The lowest BCUT2D eigenvalue weighted by Gasteiger charge is -1.98. The van der Waals surface area contributed by atoms with Crippen molar-refractivity contribution >= 4 is 43.4 Å². The Hall–Kier alpha value is -1.38. The molecule has 1 aromatic heterocycles. The maximum Gasteiger partial charge on any atom is 0.245 e. The van der Waals surface area contributed by atoms with Crippen LogP contribution < -0.4 is 4.80 Å². The summed E-state index contributed by atoms with van der Waals surface area (Å²) in [4.78, 5) is 15.7. The molecule has 17 heavy (non-hydrogen) atoms. The van der Waals surface area contributed by atoms with E-state index in [0.717, 1.165) is 14.7 Å². The molecular formula is C12H9BrN2OS. The molecule has 5 heteroatoms. The lowest BCUT2D eigenvalue weighted by molar-refractivity contribution is -0.116. The fourth-order valence-electron chi connectivity index (χ4n) is 1.51. The summed E-state index contributed by atoms with van der Waals surface area (Å²) in [6, 6.07) is 5.90. The van der Waals surface area contributed by atoms with Crippen LogP contribution in [-0.2, 0) is 11.3 Å². The van der Waals surface area contributed by atoms with E-state index in [1.54, 1.807) is 0 Å². The fourth-order valence-corrected chi connectivity index (χ4v) is 3.14. The number of hydrogen-bond donors (Lipinski definition) is 0. The molecule has 0 atom stereocenters. The molecular weight excluding hydrogens is 300 g/mol. The maximum absolute atomic E-state index is 11.1. The van der Waals surface area contributed by atoms with Gasteiger partial charge in [0.2, 0.25) is 5.91 Å². The molecule has 2 aromatic rings. The number of nitrogens with zero attached hydrogens (tertiary/aromatic N) is 2. The third-order valence-corrected chi connectivity index (χ3v) is 3.68. The van der Waals surface area contributed by atoms with Crippen LogP contribution in [0.15, 0.2) is 27.7 Å². The normalized spacial score (nSPS) is 11.7. The van der Waals surface area contributed by atoms with Crippen molar-refractivity contribution in [2.75, 3.05) is 0 Å². The van der Waals surface area contributed by atoms with Gasteiger partial charge in [0.1, 0.15) is 0 Å². The van der Waals surface area contributed by atoms with Crippen LogP contribution >= 0.6 is 27.3 Å². The molecule has 2 rings (SSSR count). The van der Waals surface area contributed by atoms with Crippen molar-refractivity contribution in [2.24, 2.45) is 4.99 Å². The van der Waals surface area contributed by atoms with E-state index in [9.17, 15) is 4.79 Å². The van der Waals surface area contributed by atoms with Crippen molar-refractivity contribution in [3.8, 4) is 12.3 Å². The highest BCUT2D eigenvalue weighted by Crippen LogP contribution is 2.22. The number of carbonyl (C=O) groups is 1. The highest BCUT2D eigenvalue weighted by molar-refractivity contribution is 9.10. The van der Waals surface area contributed by atoms with Gasteiger partial charge in [-0.15, -0.1) is 6.42 Å². The summed E-state index contributed by atoms with van der Waals surface area (Å²) in [5, 5.41) is 0. The van der Waals surface area contributed by atoms with Gasteiger partial charge in [-0.1, -0.05) is 33.2 Å². The van der Waals surface area contributed by atoms with Crippen LogP contribution in [0.5, 0.6) is 0 Å². The third kappa shape index (κ3) is 2.48. The second-order valence-corrected chi connectivity index (χ2v) is 5.34. The number of amides is 1. The zero-order valence-electron chi connectivity index (χ0n) is 9.11. The SMILES string of the molecule is C#CCn1c(=NC(C)=O)sc2cc(Br)ccc21. The van der Waals surface area contributed by atoms with Gasteiger partial charge in [-0.25, -0.2) is 0 Å². The quantitative estimate of drug-likeness (QED) is 0.746. The van der Waals surface area contributed by atoms with E-state index in [2.05, 4.69) is 26.8 Å². The van der Waals surface area contributed by atoms with Crippen molar-refractivity contribution in [1.82, 2.24) is 4.57 Å². The lowest BCUT2D eigenvalue weighted by atomic mass is 10.3. The largest absolute Gasteiger partial charge is 0.305 e. The predicted molar refractivity (Wildman–Crippen MR) is 72.6 cm³/mol. The van der Waals surface area contributed by atoms with Crippen LogP contribution in [0.2, 0.25) is 0 Å². The second-order valence-electron chi connectivity index (χ2n) is 3.42. The van der Waals surface area contributed by atoms with Crippen LogP contribution in [-0.4, -0.2) is 10.5 Å². The molecule has 3 nitrogen and oxygen atoms in total. The van der Waals surface area contributed by atoms with Gasteiger partial charge in [-0.2, -0.15) is 4.99 Å². The second kappa shape index (κ2) is 4.86. The number of terminal acetylenes is 1. The molecule has 0 N–H and O–H groups in total. The Bertz CT molecular complexity index is 691. The van der Waals surface area contributed by atoms with Gasteiger partial charge in [-0.3, -0.25) is 4.79 Å². The molecule has 0 aliphatic rings. The number of carbonyl (C=O) groups excluding carboxylic acids is 1. The first-order valence-corrected chi connectivity index (χ1v) is 6.50.